The number of aromatic nitrogens is 5. The van der Waals surface area contributed by atoms with Gasteiger partial charge in [-0.05, 0) is 23.8 Å². The van der Waals surface area contributed by atoms with Crippen LogP contribution in [0, 0.1) is 0 Å². The molecule has 6 rings (SSSR count). The molecule has 0 saturated carbocycles. The van der Waals surface area contributed by atoms with E-state index in [4.69, 9.17) is 10.5 Å². The molecule has 39 heavy (non-hydrogen) atoms. The van der Waals surface area contributed by atoms with E-state index in [1.807, 2.05) is 47.0 Å². The largest absolute Gasteiger partial charge is 0.504 e. The van der Waals surface area contributed by atoms with Crippen molar-refractivity contribution in [3.63, 3.8) is 0 Å². The first kappa shape index (κ1) is 25.3. The van der Waals surface area contributed by atoms with Gasteiger partial charge in [0.15, 0.2) is 34.8 Å². The Morgan fingerprint density at radius 3 is 2.59 bits per heavy atom. The number of nitrogen functional groups attached to an aromatic ring is 1. The van der Waals surface area contributed by atoms with Crippen LogP contribution in [-0.4, -0.2) is 69.4 Å². The Hall–Kier alpha value is -3.95. The minimum atomic E-state index is -1.43. The number of nitrogens with zero attached hydrogens (tertiary/aromatic N) is 7. The SMILES string of the molecule is Nc1ncnc2c1nc(N=Nc1c(O)c3cc(Br)ccc3n1Cc1ccccc1)n2C1OC(CO)C(O)C1O. The number of anilines is 1. The molecule has 1 aliphatic heterocycles. The molecule has 6 N–H and O–H groups in total. The van der Waals surface area contributed by atoms with Gasteiger partial charge >= 0.3 is 0 Å². The molecule has 0 aliphatic carbocycles. The normalized spacial score (nSPS) is 21.5. The van der Waals surface area contributed by atoms with Crippen molar-refractivity contribution in [2.24, 2.45) is 10.2 Å². The number of azo groups is 1. The standard InChI is InChI=1S/C25H23BrN8O5/c26-13-6-7-15-14(8-13)18(36)23(33(15)9-12-4-2-1-3-5-12)31-32-25-30-17-21(27)28-11-29-22(17)34(25)24-20(38)19(37)16(10-35)39-24/h1-8,11,16,19-20,24,35-38H,9-10H2,(H2,27,28,29). The molecule has 4 unspecified atom stereocenters. The summed E-state index contributed by atoms with van der Waals surface area (Å²) in [6, 6.07) is 15.2. The van der Waals surface area contributed by atoms with E-state index in [1.165, 1.54) is 10.9 Å². The quantitative estimate of drug-likeness (QED) is 0.184. The van der Waals surface area contributed by atoms with Crippen molar-refractivity contribution in [3.8, 4) is 5.75 Å². The Kier molecular flexibility index (Phi) is 6.48. The monoisotopic (exact) mass is 594 g/mol. The lowest BCUT2D eigenvalue weighted by molar-refractivity contribution is -0.0503. The number of hydrogen-bond acceptors (Lipinski definition) is 11. The summed E-state index contributed by atoms with van der Waals surface area (Å²) in [4.78, 5) is 12.6. The molecule has 0 spiro atoms. The maximum Gasteiger partial charge on any atom is 0.254 e. The van der Waals surface area contributed by atoms with Crippen LogP contribution in [0.1, 0.15) is 11.8 Å². The fraction of sp³-hybridized carbons (Fsp3) is 0.240. The second-order valence-corrected chi connectivity index (χ2v) is 9.96. The molecule has 200 valence electrons. The molecule has 4 atom stereocenters. The smallest absolute Gasteiger partial charge is 0.254 e. The zero-order chi connectivity index (χ0) is 27.3. The summed E-state index contributed by atoms with van der Waals surface area (Å²) in [5.74, 6) is 0.0867. The van der Waals surface area contributed by atoms with E-state index in [-0.39, 0.29) is 34.5 Å². The highest BCUT2D eigenvalue weighted by atomic mass is 79.9. The van der Waals surface area contributed by atoms with Crippen LogP contribution >= 0.6 is 15.9 Å². The molecule has 0 bridgehead atoms. The summed E-state index contributed by atoms with van der Waals surface area (Å²) in [6.45, 7) is -0.115. The predicted molar refractivity (Wildman–Crippen MR) is 144 cm³/mol. The fourth-order valence-electron chi connectivity index (χ4n) is 4.73. The Morgan fingerprint density at radius 2 is 1.85 bits per heavy atom. The molecule has 2 aromatic carbocycles. The lowest BCUT2D eigenvalue weighted by atomic mass is 10.1. The summed E-state index contributed by atoms with van der Waals surface area (Å²) < 4.78 is 9.66. The number of aromatic hydroxyl groups is 1. The number of imidazole rings is 1. The van der Waals surface area contributed by atoms with E-state index in [1.54, 1.807) is 6.07 Å². The van der Waals surface area contributed by atoms with Crippen LogP contribution in [-0.2, 0) is 11.3 Å². The Labute approximate surface area is 229 Å². The molecule has 14 heteroatoms. The molecule has 0 amide bonds. The van der Waals surface area contributed by atoms with Gasteiger partial charge in [0, 0.05) is 16.4 Å². The molecular weight excluding hydrogens is 572 g/mol. The van der Waals surface area contributed by atoms with Gasteiger partial charge in [0.2, 0.25) is 0 Å². The van der Waals surface area contributed by atoms with E-state index in [0.717, 1.165) is 15.6 Å². The first-order chi connectivity index (χ1) is 18.9. The zero-order valence-corrected chi connectivity index (χ0v) is 21.8. The van der Waals surface area contributed by atoms with E-state index in [2.05, 4.69) is 41.1 Å². The second-order valence-electron chi connectivity index (χ2n) is 9.05. The number of fused-ring (bicyclic) bond motifs is 2. The Bertz CT molecular complexity index is 1710. The average Bonchev–Trinajstić information content (AvgIpc) is 3.53. The minimum Gasteiger partial charge on any atom is -0.504 e. The van der Waals surface area contributed by atoms with Crippen molar-refractivity contribution in [2.45, 2.75) is 31.1 Å². The predicted octanol–water partition coefficient (Wildman–Crippen LogP) is 2.91. The summed E-state index contributed by atoms with van der Waals surface area (Å²) in [6.07, 6.45) is -3.82. The number of ether oxygens (including phenoxy) is 1. The van der Waals surface area contributed by atoms with Gasteiger partial charge in [0.1, 0.15) is 24.6 Å². The van der Waals surface area contributed by atoms with Gasteiger partial charge in [0.05, 0.1) is 12.1 Å². The highest BCUT2D eigenvalue weighted by molar-refractivity contribution is 9.10. The van der Waals surface area contributed by atoms with Crippen LogP contribution in [0.5, 0.6) is 5.75 Å². The van der Waals surface area contributed by atoms with E-state index in [9.17, 15) is 20.4 Å². The van der Waals surface area contributed by atoms with Gasteiger partial charge in [-0.1, -0.05) is 46.3 Å². The van der Waals surface area contributed by atoms with Gasteiger partial charge < -0.3 is 35.5 Å². The number of halogens is 1. The van der Waals surface area contributed by atoms with Gasteiger partial charge in [-0.2, -0.15) is 0 Å². The third kappa shape index (κ3) is 4.31. The number of aliphatic hydroxyl groups is 3. The lowest BCUT2D eigenvalue weighted by Gasteiger charge is -2.17. The van der Waals surface area contributed by atoms with E-state index >= 15 is 0 Å². The second kappa shape index (κ2) is 9.98. The summed E-state index contributed by atoms with van der Waals surface area (Å²) in [5, 5.41) is 51.1. The van der Waals surface area contributed by atoms with Crippen LogP contribution in [0.25, 0.3) is 22.1 Å². The number of benzene rings is 2. The molecule has 0 radical (unpaired) electrons. The van der Waals surface area contributed by atoms with Crippen molar-refractivity contribution in [1.82, 2.24) is 24.1 Å². The number of rotatable bonds is 6. The average molecular weight is 595 g/mol. The van der Waals surface area contributed by atoms with Crippen molar-refractivity contribution >= 4 is 55.6 Å². The van der Waals surface area contributed by atoms with Crippen LogP contribution in [0.2, 0.25) is 0 Å². The van der Waals surface area contributed by atoms with E-state index < -0.39 is 31.1 Å². The number of nitrogens with two attached hydrogens (primary N) is 1. The topological polar surface area (TPSA) is 189 Å². The van der Waals surface area contributed by atoms with Gasteiger partial charge in [0.25, 0.3) is 5.95 Å². The Morgan fingerprint density at radius 1 is 1.05 bits per heavy atom. The molecule has 1 saturated heterocycles. The summed E-state index contributed by atoms with van der Waals surface area (Å²) >= 11 is 3.45. The summed E-state index contributed by atoms with van der Waals surface area (Å²) in [5.41, 5.74) is 8.10. The molecule has 4 heterocycles. The van der Waals surface area contributed by atoms with Crippen LogP contribution in [0.15, 0.2) is 69.6 Å². The molecule has 3 aromatic heterocycles. The fourth-order valence-corrected chi connectivity index (χ4v) is 5.09. The molecular formula is C25H23BrN8O5. The van der Waals surface area contributed by atoms with E-state index in [0.29, 0.717) is 11.9 Å². The summed E-state index contributed by atoms with van der Waals surface area (Å²) in [7, 11) is 0. The van der Waals surface area contributed by atoms with Crippen LogP contribution in [0.3, 0.4) is 0 Å². The zero-order valence-electron chi connectivity index (χ0n) is 20.2. The highest BCUT2D eigenvalue weighted by Gasteiger charge is 2.45. The first-order valence-corrected chi connectivity index (χ1v) is 12.7. The van der Waals surface area contributed by atoms with Gasteiger partial charge in [-0.25, -0.2) is 15.0 Å². The molecule has 1 fully saturated rings. The molecule has 13 nitrogen and oxygen atoms in total. The van der Waals surface area contributed by atoms with Crippen LogP contribution < -0.4 is 5.73 Å². The minimum absolute atomic E-state index is 0.0628. The van der Waals surface area contributed by atoms with Gasteiger partial charge in [-0.3, -0.25) is 4.57 Å². The van der Waals surface area contributed by atoms with Crippen molar-refractivity contribution < 1.29 is 25.2 Å². The lowest BCUT2D eigenvalue weighted by Crippen LogP contribution is -2.33. The maximum absolute atomic E-state index is 11.2. The number of aliphatic hydroxyl groups excluding tert-OH is 3. The number of hydrogen-bond donors (Lipinski definition) is 5. The third-order valence-electron chi connectivity index (χ3n) is 6.65. The molecule has 1 aliphatic rings. The van der Waals surface area contributed by atoms with Crippen molar-refractivity contribution in [1.29, 1.82) is 0 Å². The van der Waals surface area contributed by atoms with Crippen molar-refractivity contribution in [2.75, 3.05) is 12.3 Å². The highest BCUT2D eigenvalue weighted by Crippen LogP contribution is 2.42. The third-order valence-corrected chi connectivity index (χ3v) is 7.14. The van der Waals surface area contributed by atoms with Crippen LogP contribution in [0.4, 0.5) is 17.6 Å². The maximum atomic E-state index is 11.2. The molecule has 5 aromatic rings. The Balaban J connectivity index is 1.50. The van der Waals surface area contributed by atoms with Crippen molar-refractivity contribution in [3.05, 3.63) is 64.9 Å². The first-order valence-electron chi connectivity index (χ1n) is 11.9. The van der Waals surface area contributed by atoms with Gasteiger partial charge in [-0.15, -0.1) is 10.2 Å².